The lowest BCUT2D eigenvalue weighted by atomic mass is 9.69. The smallest absolute Gasteiger partial charge is 0.407 e. The molecule has 0 saturated heterocycles. The summed E-state index contributed by atoms with van der Waals surface area (Å²) in [5, 5.41) is 17.3. The van der Waals surface area contributed by atoms with Crippen molar-refractivity contribution in [2.75, 3.05) is 39.7 Å². The Morgan fingerprint density at radius 2 is 1.72 bits per heavy atom. The van der Waals surface area contributed by atoms with Crippen LogP contribution in [0.15, 0.2) is 65.5 Å². The number of aryl methyl sites for hydroxylation is 1. The van der Waals surface area contributed by atoms with E-state index in [9.17, 15) is 24.3 Å². The van der Waals surface area contributed by atoms with Gasteiger partial charge in [-0.3, -0.25) is 9.59 Å². The van der Waals surface area contributed by atoms with E-state index < -0.39 is 29.0 Å². The maximum Gasteiger partial charge on any atom is 0.407 e. The molecule has 0 fully saturated rings. The fourth-order valence-electron chi connectivity index (χ4n) is 9.52. The quantitative estimate of drug-likeness (QED) is 0.0830. The third kappa shape index (κ3) is 6.44. The van der Waals surface area contributed by atoms with E-state index in [4.69, 9.17) is 23.9 Å². The van der Waals surface area contributed by atoms with Crippen molar-refractivity contribution in [1.29, 1.82) is 0 Å². The highest BCUT2D eigenvalue weighted by Gasteiger charge is 2.46. The molecule has 4 heterocycles. The van der Waals surface area contributed by atoms with Gasteiger partial charge in [-0.15, -0.1) is 0 Å². The average Bonchev–Trinajstić information content (AvgIpc) is 3.78. The third-order valence-corrected chi connectivity index (χ3v) is 12.7. The topological polar surface area (TPSA) is 167 Å². The molecule has 0 unspecified atom stereocenters. The predicted molar refractivity (Wildman–Crippen MR) is 218 cm³/mol. The summed E-state index contributed by atoms with van der Waals surface area (Å²) in [6.45, 7) is 5.92. The van der Waals surface area contributed by atoms with Gasteiger partial charge in [-0.25, -0.2) is 19.0 Å². The average molecular weight is 817 g/mol. The first-order valence-electron chi connectivity index (χ1n) is 20.3. The van der Waals surface area contributed by atoms with Gasteiger partial charge in [0.2, 0.25) is 5.91 Å². The number of benzene rings is 3. The Bertz CT molecular complexity index is 2630. The molecule has 310 valence electrons. The van der Waals surface area contributed by atoms with Crippen LogP contribution in [0.5, 0.6) is 0 Å². The number of fused-ring (bicyclic) bond motifs is 8. The third-order valence-electron chi connectivity index (χ3n) is 12.7. The summed E-state index contributed by atoms with van der Waals surface area (Å²) in [6.07, 6.45) is 0.570. The number of nitrogens with one attached hydrogen (secondary N) is 2. The minimum Gasteiger partial charge on any atom is -0.458 e. The number of carbonyl (C=O) groups is 3. The largest absolute Gasteiger partial charge is 0.458 e. The van der Waals surface area contributed by atoms with Crippen LogP contribution in [0.4, 0.5) is 9.18 Å². The molecule has 2 amide bonds. The molecule has 0 radical (unpaired) electrons. The lowest BCUT2D eigenvalue weighted by Crippen LogP contribution is -2.44. The standard InChI is InChI=1S/C46H45FN4O9/c1-4-46(56)34-17-37-41-31(20-51(37)42(53)33(34)22-59-43(46)54)40-39-26(25(2)35(47)18-36(39)50-41)13-14-45(40,3)23-57-15-16-58-24-49-38(52)19-48-44(55)60-21-32-29-11-7-5-9-27(29)28-10-6-8-12-30(28)32/h5-12,17-18,32,56H,4,13-16,19-24H2,1-3H3,(H,48,55)(H,49,52)/t45-,46-/m0/s1. The highest BCUT2D eigenvalue weighted by atomic mass is 19.1. The lowest BCUT2D eigenvalue weighted by molar-refractivity contribution is -0.172. The molecule has 0 spiro atoms. The zero-order valence-corrected chi connectivity index (χ0v) is 33.6. The highest BCUT2D eigenvalue weighted by Crippen LogP contribution is 2.49. The van der Waals surface area contributed by atoms with Crippen molar-refractivity contribution in [2.24, 2.45) is 0 Å². The van der Waals surface area contributed by atoms with Gasteiger partial charge in [-0.1, -0.05) is 62.4 Å². The number of pyridine rings is 2. The maximum atomic E-state index is 15.3. The van der Waals surface area contributed by atoms with Crippen LogP contribution in [0, 0.1) is 12.7 Å². The Balaban J connectivity index is 0.814. The van der Waals surface area contributed by atoms with Crippen LogP contribution in [0.3, 0.4) is 0 Å². The maximum absolute atomic E-state index is 15.3. The van der Waals surface area contributed by atoms with E-state index in [1.54, 1.807) is 24.5 Å². The van der Waals surface area contributed by atoms with Gasteiger partial charge in [0.15, 0.2) is 5.60 Å². The number of carbonyl (C=O) groups excluding carboxylic acids is 3. The van der Waals surface area contributed by atoms with Crippen molar-refractivity contribution in [3.63, 3.8) is 0 Å². The number of amides is 2. The van der Waals surface area contributed by atoms with Crippen molar-refractivity contribution >= 4 is 28.9 Å². The van der Waals surface area contributed by atoms with E-state index in [1.807, 2.05) is 36.4 Å². The first kappa shape index (κ1) is 39.5. The van der Waals surface area contributed by atoms with Gasteiger partial charge in [-0.05, 0) is 71.2 Å². The number of ether oxygens (including phenoxy) is 4. The zero-order chi connectivity index (χ0) is 41.9. The van der Waals surface area contributed by atoms with Crippen LogP contribution in [-0.4, -0.2) is 72.3 Å². The van der Waals surface area contributed by atoms with Gasteiger partial charge in [-0.2, -0.15) is 0 Å². The summed E-state index contributed by atoms with van der Waals surface area (Å²) >= 11 is 0. The van der Waals surface area contributed by atoms with E-state index in [0.29, 0.717) is 35.3 Å². The summed E-state index contributed by atoms with van der Waals surface area (Å²) in [6, 6.07) is 19.2. The molecule has 0 saturated carbocycles. The number of esters is 1. The number of nitrogens with zero attached hydrogens (tertiary/aromatic N) is 2. The van der Waals surface area contributed by atoms with Gasteiger partial charge in [0.1, 0.15) is 32.3 Å². The molecule has 2 aromatic heterocycles. The first-order chi connectivity index (χ1) is 28.9. The van der Waals surface area contributed by atoms with Crippen molar-refractivity contribution in [1.82, 2.24) is 20.2 Å². The van der Waals surface area contributed by atoms with Gasteiger partial charge in [0.05, 0.1) is 48.8 Å². The molecule has 2 aliphatic heterocycles. The van der Waals surface area contributed by atoms with Crippen molar-refractivity contribution in [2.45, 2.75) is 70.1 Å². The lowest BCUT2D eigenvalue weighted by Gasteiger charge is -2.37. The highest BCUT2D eigenvalue weighted by molar-refractivity contribution is 5.94. The number of cyclic esters (lactones) is 1. The molecule has 9 rings (SSSR count). The molecule has 0 bridgehead atoms. The zero-order valence-electron chi connectivity index (χ0n) is 33.6. The summed E-state index contributed by atoms with van der Waals surface area (Å²) in [4.78, 5) is 56.6. The molecule has 13 nitrogen and oxygen atoms in total. The van der Waals surface area contributed by atoms with Crippen LogP contribution < -0.4 is 16.2 Å². The summed E-state index contributed by atoms with van der Waals surface area (Å²) in [5.41, 5.74) is 6.59. The van der Waals surface area contributed by atoms with E-state index in [0.717, 1.165) is 44.3 Å². The Morgan fingerprint density at radius 1 is 1.00 bits per heavy atom. The molecule has 3 N–H and O–H groups in total. The van der Waals surface area contributed by atoms with Crippen LogP contribution in [-0.2, 0) is 59.1 Å². The monoisotopic (exact) mass is 816 g/mol. The Morgan fingerprint density at radius 3 is 2.45 bits per heavy atom. The molecule has 60 heavy (non-hydrogen) atoms. The number of aromatic nitrogens is 2. The molecule has 4 aliphatic rings. The molecule has 2 aliphatic carbocycles. The minimum absolute atomic E-state index is 0.0190. The Labute approximate surface area is 344 Å². The number of alkyl carbamates (subject to hydrolysis) is 1. The fraction of sp³-hybridized carbons (Fsp3) is 0.370. The second kappa shape index (κ2) is 15.3. The van der Waals surface area contributed by atoms with Crippen molar-refractivity contribution in [3.8, 4) is 22.5 Å². The van der Waals surface area contributed by atoms with Gasteiger partial charge < -0.3 is 39.3 Å². The van der Waals surface area contributed by atoms with E-state index in [2.05, 4.69) is 29.7 Å². The molecule has 14 heteroatoms. The van der Waals surface area contributed by atoms with Crippen molar-refractivity contribution in [3.05, 3.63) is 121 Å². The van der Waals surface area contributed by atoms with E-state index >= 15 is 4.39 Å². The SMILES string of the molecule is CC[C@@]1(O)C(=O)OCc2c1cc1n(c2=O)Cc2c-1nc1cc(F)c(C)c3c1c2[C@](C)(COCCOCNC(=O)CNC(=O)OCC1c2ccccc2-c2ccccc21)CC3. The van der Waals surface area contributed by atoms with Gasteiger partial charge in [0, 0.05) is 33.9 Å². The van der Waals surface area contributed by atoms with Gasteiger partial charge in [0.25, 0.3) is 5.56 Å². The van der Waals surface area contributed by atoms with Crippen molar-refractivity contribution < 1.29 is 42.8 Å². The van der Waals surface area contributed by atoms with Gasteiger partial charge >= 0.3 is 12.1 Å². The molecule has 3 aromatic carbocycles. The minimum atomic E-state index is -1.97. The van der Waals surface area contributed by atoms with Crippen LogP contribution >= 0.6 is 0 Å². The summed E-state index contributed by atoms with van der Waals surface area (Å²) in [5.74, 6) is -1.70. The fourth-order valence-corrected chi connectivity index (χ4v) is 9.52. The Kier molecular flexibility index (Phi) is 10.0. The second-order valence-corrected chi connectivity index (χ2v) is 16.2. The number of hydrogen-bond acceptors (Lipinski definition) is 10. The van der Waals surface area contributed by atoms with Crippen LogP contribution in [0.25, 0.3) is 33.4 Å². The molecular formula is C46H45FN4O9. The summed E-state index contributed by atoms with van der Waals surface area (Å²) in [7, 11) is 0. The molecule has 2 atom stereocenters. The number of rotatable bonds is 12. The normalized spacial score (nSPS) is 19.5. The number of hydrogen-bond donors (Lipinski definition) is 3. The van der Waals surface area contributed by atoms with Crippen LogP contribution in [0.1, 0.15) is 77.1 Å². The van der Waals surface area contributed by atoms with E-state index in [-0.39, 0.29) is 87.7 Å². The second-order valence-electron chi connectivity index (χ2n) is 16.2. The summed E-state index contributed by atoms with van der Waals surface area (Å²) < 4.78 is 39.5. The van der Waals surface area contributed by atoms with E-state index in [1.165, 1.54) is 6.07 Å². The van der Waals surface area contributed by atoms with Crippen LogP contribution in [0.2, 0.25) is 0 Å². The number of halogens is 1. The Hall–Kier alpha value is -5.96. The number of aliphatic hydroxyl groups is 1. The predicted octanol–water partition coefficient (Wildman–Crippen LogP) is 5.38. The molecular weight excluding hydrogens is 772 g/mol. The first-order valence-corrected chi connectivity index (χ1v) is 20.3. The molecule has 5 aromatic rings.